The standard InChI is InChI=1S/C21H28FN3O/c1-15-6-7-20(22)19-8-9-25(21(15)19)18-5-3-4-17(14-18)24-12-10-23(11-13-24)16(2)26/h6-9,17-18H,3-5,10-14H2,1-2H3/t17-,18+/m0/s1. The third-order valence-corrected chi connectivity index (χ3v) is 6.31. The molecule has 1 aromatic heterocycles. The number of aryl methyl sites for hydroxylation is 1. The maximum absolute atomic E-state index is 14.2. The van der Waals surface area contributed by atoms with Crippen LogP contribution in [0.15, 0.2) is 24.4 Å². The van der Waals surface area contributed by atoms with E-state index in [2.05, 4.69) is 22.6 Å². The molecule has 2 fully saturated rings. The maximum atomic E-state index is 14.2. The van der Waals surface area contributed by atoms with Crippen LogP contribution in [0.1, 0.15) is 44.2 Å². The molecular weight excluding hydrogens is 329 g/mol. The number of hydrogen-bond acceptors (Lipinski definition) is 2. The Kier molecular flexibility index (Phi) is 4.74. The average Bonchev–Trinajstić information content (AvgIpc) is 3.11. The number of benzene rings is 1. The molecule has 1 aliphatic heterocycles. The number of carbonyl (C=O) groups is 1. The molecule has 0 N–H and O–H groups in total. The fraction of sp³-hybridized carbons (Fsp3) is 0.571. The van der Waals surface area contributed by atoms with Crippen molar-refractivity contribution in [1.82, 2.24) is 14.4 Å². The number of aromatic nitrogens is 1. The number of hydrogen-bond donors (Lipinski definition) is 0. The van der Waals surface area contributed by atoms with E-state index in [1.54, 1.807) is 13.0 Å². The molecule has 1 aliphatic carbocycles. The van der Waals surface area contributed by atoms with E-state index < -0.39 is 0 Å². The number of halogens is 1. The van der Waals surface area contributed by atoms with Crippen molar-refractivity contribution in [2.24, 2.45) is 0 Å². The Morgan fingerprint density at radius 1 is 1.08 bits per heavy atom. The van der Waals surface area contributed by atoms with Crippen LogP contribution in [0, 0.1) is 12.7 Å². The van der Waals surface area contributed by atoms with Crippen molar-refractivity contribution in [1.29, 1.82) is 0 Å². The second-order valence-corrected chi connectivity index (χ2v) is 7.87. The number of fused-ring (bicyclic) bond motifs is 1. The first-order chi connectivity index (χ1) is 12.5. The Morgan fingerprint density at radius 3 is 2.54 bits per heavy atom. The van der Waals surface area contributed by atoms with Gasteiger partial charge >= 0.3 is 0 Å². The fourth-order valence-corrected chi connectivity index (χ4v) is 4.85. The second-order valence-electron chi connectivity index (χ2n) is 7.87. The van der Waals surface area contributed by atoms with Crippen LogP contribution >= 0.6 is 0 Å². The predicted octanol–water partition coefficient (Wildman–Crippen LogP) is 3.74. The van der Waals surface area contributed by atoms with Gasteiger partial charge in [-0.3, -0.25) is 9.69 Å². The summed E-state index contributed by atoms with van der Waals surface area (Å²) in [7, 11) is 0. The highest BCUT2D eigenvalue weighted by Gasteiger charge is 2.30. The summed E-state index contributed by atoms with van der Waals surface area (Å²) in [5, 5.41) is 0.738. The number of carbonyl (C=O) groups excluding carboxylic acids is 1. The van der Waals surface area contributed by atoms with E-state index in [9.17, 15) is 9.18 Å². The molecule has 2 aromatic rings. The molecule has 2 aliphatic rings. The van der Waals surface area contributed by atoms with Crippen LogP contribution in [0.5, 0.6) is 0 Å². The van der Waals surface area contributed by atoms with Crippen molar-refractivity contribution in [2.75, 3.05) is 26.2 Å². The molecule has 5 heteroatoms. The van der Waals surface area contributed by atoms with Crippen LogP contribution < -0.4 is 0 Å². The SMILES string of the molecule is CC(=O)N1CCN([C@H]2CCC[C@@H](n3ccc4c(F)ccc(C)c43)C2)CC1. The van der Waals surface area contributed by atoms with E-state index in [1.807, 2.05) is 17.0 Å². The Labute approximate surface area is 154 Å². The van der Waals surface area contributed by atoms with Gasteiger partial charge in [0.2, 0.25) is 5.91 Å². The second kappa shape index (κ2) is 7.03. The zero-order chi connectivity index (χ0) is 18.3. The molecule has 140 valence electrons. The summed E-state index contributed by atoms with van der Waals surface area (Å²) in [5.41, 5.74) is 2.20. The molecule has 0 spiro atoms. The van der Waals surface area contributed by atoms with E-state index in [0.717, 1.165) is 55.5 Å². The number of rotatable bonds is 2. The van der Waals surface area contributed by atoms with Crippen molar-refractivity contribution < 1.29 is 9.18 Å². The summed E-state index contributed by atoms with van der Waals surface area (Å²) < 4.78 is 16.5. The first-order valence-corrected chi connectivity index (χ1v) is 9.80. The summed E-state index contributed by atoms with van der Waals surface area (Å²) in [6, 6.07) is 6.37. The first kappa shape index (κ1) is 17.5. The molecule has 0 unspecified atom stereocenters. The topological polar surface area (TPSA) is 28.5 Å². The molecule has 1 saturated carbocycles. The predicted molar refractivity (Wildman–Crippen MR) is 102 cm³/mol. The first-order valence-electron chi connectivity index (χ1n) is 9.80. The van der Waals surface area contributed by atoms with Crippen LogP contribution in [-0.4, -0.2) is 52.5 Å². The molecule has 4 rings (SSSR count). The average molecular weight is 357 g/mol. The van der Waals surface area contributed by atoms with Gasteiger partial charge in [0, 0.05) is 56.8 Å². The van der Waals surface area contributed by atoms with Crippen molar-refractivity contribution in [3.05, 3.63) is 35.8 Å². The van der Waals surface area contributed by atoms with Gasteiger partial charge in [0.05, 0.1) is 5.52 Å². The number of amides is 1. The van der Waals surface area contributed by atoms with Gasteiger partial charge in [-0.15, -0.1) is 0 Å². The Morgan fingerprint density at radius 2 is 1.81 bits per heavy atom. The molecule has 1 saturated heterocycles. The summed E-state index contributed by atoms with van der Waals surface area (Å²) in [6.07, 6.45) is 6.77. The minimum Gasteiger partial charge on any atom is -0.344 e. The molecule has 1 aromatic carbocycles. The minimum absolute atomic E-state index is 0.128. The van der Waals surface area contributed by atoms with Crippen LogP contribution in [-0.2, 0) is 4.79 Å². The van der Waals surface area contributed by atoms with Crippen molar-refractivity contribution in [2.45, 2.75) is 51.6 Å². The van der Waals surface area contributed by atoms with E-state index >= 15 is 0 Å². The normalized spacial score (nSPS) is 25.0. The Balaban J connectivity index is 1.51. The van der Waals surface area contributed by atoms with E-state index in [1.165, 1.54) is 12.8 Å². The lowest BCUT2D eigenvalue weighted by molar-refractivity contribution is -0.131. The van der Waals surface area contributed by atoms with Gasteiger partial charge in [-0.25, -0.2) is 4.39 Å². The summed E-state index contributed by atoms with van der Waals surface area (Å²) in [6.45, 7) is 7.35. The minimum atomic E-state index is -0.128. The van der Waals surface area contributed by atoms with Crippen LogP contribution in [0.4, 0.5) is 4.39 Å². The summed E-state index contributed by atoms with van der Waals surface area (Å²) in [4.78, 5) is 16.1. The molecule has 0 bridgehead atoms. The van der Waals surface area contributed by atoms with Gasteiger partial charge < -0.3 is 9.47 Å². The smallest absolute Gasteiger partial charge is 0.219 e. The van der Waals surface area contributed by atoms with E-state index in [-0.39, 0.29) is 11.7 Å². The zero-order valence-electron chi connectivity index (χ0n) is 15.7. The van der Waals surface area contributed by atoms with Crippen LogP contribution in [0.3, 0.4) is 0 Å². The van der Waals surface area contributed by atoms with Crippen LogP contribution in [0.25, 0.3) is 10.9 Å². The molecule has 1 amide bonds. The number of nitrogens with zero attached hydrogens (tertiary/aromatic N) is 3. The molecule has 4 nitrogen and oxygen atoms in total. The summed E-state index contributed by atoms with van der Waals surface area (Å²) in [5.74, 6) is 0.0551. The van der Waals surface area contributed by atoms with Crippen molar-refractivity contribution in [3.8, 4) is 0 Å². The molecule has 2 heterocycles. The Bertz CT molecular complexity index is 807. The van der Waals surface area contributed by atoms with Gasteiger partial charge in [0.25, 0.3) is 0 Å². The summed E-state index contributed by atoms with van der Waals surface area (Å²) >= 11 is 0. The van der Waals surface area contributed by atoms with E-state index in [0.29, 0.717) is 12.1 Å². The zero-order valence-corrected chi connectivity index (χ0v) is 15.7. The van der Waals surface area contributed by atoms with Gasteiger partial charge in [0.1, 0.15) is 5.82 Å². The molecule has 0 radical (unpaired) electrons. The quantitative estimate of drug-likeness (QED) is 0.819. The molecule has 26 heavy (non-hydrogen) atoms. The number of piperazine rings is 1. The van der Waals surface area contributed by atoms with Gasteiger partial charge in [-0.1, -0.05) is 6.07 Å². The highest BCUT2D eigenvalue weighted by Crippen LogP contribution is 2.35. The van der Waals surface area contributed by atoms with Gasteiger partial charge in [-0.2, -0.15) is 0 Å². The van der Waals surface area contributed by atoms with Gasteiger partial charge in [0.15, 0.2) is 0 Å². The third-order valence-electron chi connectivity index (χ3n) is 6.31. The lowest BCUT2D eigenvalue weighted by Crippen LogP contribution is -2.52. The highest BCUT2D eigenvalue weighted by atomic mass is 19.1. The third kappa shape index (κ3) is 3.13. The molecular formula is C21H28FN3O. The van der Waals surface area contributed by atoms with Crippen molar-refractivity contribution in [3.63, 3.8) is 0 Å². The molecule has 2 atom stereocenters. The van der Waals surface area contributed by atoms with Crippen molar-refractivity contribution >= 4 is 16.8 Å². The fourth-order valence-electron chi connectivity index (χ4n) is 4.85. The Hall–Kier alpha value is -1.88. The monoisotopic (exact) mass is 357 g/mol. The van der Waals surface area contributed by atoms with Crippen LogP contribution in [0.2, 0.25) is 0 Å². The highest BCUT2D eigenvalue weighted by molar-refractivity contribution is 5.84. The largest absolute Gasteiger partial charge is 0.344 e. The van der Waals surface area contributed by atoms with E-state index in [4.69, 9.17) is 0 Å². The lowest BCUT2D eigenvalue weighted by Gasteiger charge is -2.42. The van der Waals surface area contributed by atoms with Gasteiger partial charge in [-0.05, 0) is 50.3 Å². The lowest BCUT2D eigenvalue weighted by atomic mass is 9.89. The maximum Gasteiger partial charge on any atom is 0.219 e.